The summed E-state index contributed by atoms with van der Waals surface area (Å²) in [5.74, 6) is -0.402. The van der Waals surface area contributed by atoms with Gasteiger partial charge in [-0.3, -0.25) is 19.4 Å². The van der Waals surface area contributed by atoms with Gasteiger partial charge in [-0.15, -0.1) is 0 Å². The molecular weight excluding hydrogens is 1040 g/mol. The van der Waals surface area contributed by atoms with Crippen LogP contribution in [-0.4, -0.2) is 37.0 Å². The van der Waals surface area contributed by atoms with Gasteiger partial charge in [0.2, 0.25) is 12.5 Å². The maximum absolute atomic E-state index is 14.4. The van der Waals surface area contributed by atoms with Gasteiger partial charge in [0.05, 0.1) is 35.5 Å². The Balaban J connectivity index is 0.796. The minimum Gasteiger partial charge on any atom is -0.494 e. The average molecular weight is 1140 g/mol. The molecule has 2 aliphatic rings. The standard InChI is InChI=1S/C74H92N2O8/c1-3-5-7-9-11-13-15-17-19-21-23-25-33-57-39-47-61(48-40-57)75-69(77)65-35-27-29-37-67(65)73(79)83-71(75)59-43-51-63(52-44-59)81-55-31-32-56-82-64-53-45-60(46-54-64)72-76(70(78)66-36-28-30-38-68(66)74(80)84-72)62-49-41-58(42-50-62)34-26-24-22-20-18-16-14-12-10-8-6-4-2/h27-30,35-54,71-72H,3-26,31-34,55-56H2,1-2H3/t71-,72-/m1/s1. The first-order valence-electron chi connectivity index (χ1n) is 32.2. The molecular formula is C74H92N2O8. The highest BCUT2D eigenvalue weighted by Gasteiger charge is 2.38. The number of anilines is 2. The minimum absolute atomic E-state index is 0.245. The zero-order chi connectivity index (χ0) is 58.6. The Morgan fingerprint density at radius 1 is 0.333 bits per heavy atom. The highest BCUT2D eigenvalue weighted by molar-refractivity contribution is 6.15. The van der Waals surface area contributed by atoms with Crippen LogP contribution in [-0.2, 0) is 22.3 Å². The third-order valence-electron chi connectivity index (χ3n) is 16.6. The summed E-state index contributed by atoms with van der Waals surface area (Å²) < 4.78 is 24.6. The van der Waals surface area contributed by atoms with Crippen molar-refractivity contribution in [3.8, 4) is 11.5 Å². The van der Waals surface area contributed by atoms with Crippen LogP contribution < -0.4 is 19.3 Å². The van der Waals surface area contributed by atoms with Crippen molar-refractivity contribution in [2.24, 2.45) is 0 Å². The van der Waals surface area contributed by atoms with Crippen LogP contribution in [0.25, 0.3) is 0 Å². The van der Waals surface area contributed by atoms with Crippen molar-refractivity contribution in [1.82, 2.24) is 0 Å². The molecule has 0 spiro atoms. The van der Waals surface area contributed by atoms with E-state index in [0.717, 1.165) is 38.5 Å². The fourth-order valence-corrected chi connectivity index (χ4v) is 11.6. The van der Waals surface area contributed by atoms with Crippen molar-refractivity contribution in [3.63, 3.8) is 0 Å². The number of carbonyl (C=O) groups is 4. The van der Waals surface area contributed by atoms with Crippen LogP contribution in [0, 0.1) is 0 Å². The van der Waals surface area contributed by atoms with E-state index >= 15 is 0 Å². The highest BCUT2D eigenvalue weighted by Crippen LogP contribution is 2.38. The SMILES string of the molecule is CCCCCCCCCCCCCCc1ccc(N2C(=O)c3ccccc3C(=O)O[C@@H]2c2ccc(OCCCCOc3ccc([C@H]4OC(=O)c5ccccc5C(=O)N4c4ccc(CCCCCCCCCCCCCC)cc4)cc3)cc2)cc1. The first kappa shape index (κ1) is 62.8. The van der Waals surface area contributed by atoms with E-state index in [1.165, 1.54) is 152 Å². The number of hydrogen-bond acceptors (Lipinski definition) is 8. The van der Waals surface area contributed by atoms with Gasteiger partial charge in [0.15, 0.2) is 0 Å². The van der Waals surface area contributed by atoms with E-state index in [9.17, 15) is 19.2 Å². The Morgan fingerprint density at radius 2 is 0.631 bits per heavy atom. The van der Waals surface area contributed by atoms with Crippen LogP contribution in [0.4, 0.5) is 11.4 Å². The Morgan fingerprint density at radius 3 is 0.952 bits per heavy atom. The summed E-state index contributed by atoms with van der Waals surface area (Å²) in [6.45, 7) is 5.44. The van der Waals surface area contributed by atoms with Crippen molar-refractivity contribution in [2.75, 3.05) is 23.0 Å². The third kappa shape index (κ3) is 18.6. The minimum atomic E-state index is -0.989. The number of rotatable bonds is 37. The van der Waals surface area contributed by atoms with Gasteiger partial charge in [-0.25, -0.2) is 9.59 Å². The molecule has 6 aromatic carbocycles. The quantitative estimate of drug-likeness (QED) is 0.0280. The zero-order valence-electron chi connectivity index (χ0n) is 50.4. The molecule has 10 nitrogen and oxygen atoms in total. The van der Waals surface area contributed by atoms with E-state index in [1.807, 2.05) is 72.8 Å². The van der Waals surface area contributed by atoms with Crippen LogP contribution >= 0.6 is 0 Å². The summed E-state index contributed by atoms with van der Waals surface area (Å²) in [6, 6.07) is 44.6. The average Bonchev–Trinajstić information content (AvgIpc) is 2.97. The van der Waals surface area contributed by atoms with Gasteiger partial charge in [0.1, 0.15) is 11.5 Å². The summed E-state index contributed by atoms with van der Waals surface area (Å²) in [7, 11) is 0. The predicted octanol–water partition coefficient (Wildman–Crippen LogP) is 19.4. The molecule has 0 unspecified atom stereocenters. The smallest absolute Gasteiger partial charge is 0.341 e. The topological polar surface area (TPSA) is 112 Å². The van der Waals surface area contributed by atoms with E-state index in [0.29, 0.717) is 58.3 Å². The van der Waals surface area contributed by atoms with Crippen molar-refractivity contribution < 1.29 is 38.1 Å². The molecule has 446 valence electrons. The molecule has 0 saturated carbocycles. The lowest BCUT2D eigenvalue weighted by Crippen LogP contribution is -2.35. The van der Waals surface area contributed by atoms with Gasteiger partial charge in [0, 0.05) is 22.5 Å². The first-order chi connectivity index (χ1) is 41.3. The Labute approximate surface area is 501 Å². The normalized spacial score (nSPS) is 15.0. The zero-order valence-corrected chi connectivity index (χ0v) is 50.4. The number of fused-ring (bicyclic) bond motifs is 2. The molecule has 0 fully saturated rings. The van der Waals surface area contributed by atoms with Crippen molar-refractivity contribution >= 4 is 35.1 Å². The summed E-state index contributed by atoms with van der Waals surface area (Å²) >= 11 is 0. The van der Waals surface area contributed by atoms with Crippen molar-refractivity contribution in [2.45, 2.75) is 206 Å². The number of carbonyl (C=O) groups excluding carboxylic acids is 4. The number of benzene rings is 6. The molecule has 6 aromatic rings. The molecule has 84 heavy (non-hydrogen) atoms. The molecule has 2 atom stereocenters. The number of esters is 2. The molecule has 10 heteroatoms. The fraction of sp³-hybridized carbons (Fsp3) is 0.459. The fourth-order valence-electron chi connectivity index (χ4n) is 11.6. The van der Waals surface area contributed by atoms with Gasteiger partial charge >= 0.3 is 11.9 Å². The maximum Gasteiger partial charge on any atom is 0.341 e. The molecule has 0 saturated heterocycles. The molecule has 2 aliphatic heterocycles. The Kier molecular flexibility index (Phi) is 25.8. The molecule has 0 aromatic heterocycles. The number of cyclic esters (lactones) is 2. The summed E-state index contributed by atoms with van der Waals surface area (Å²) in [6.07, 6.45) is 32.9. The maximum atomic E-state index is 14.4. The molecule has 0 bridgehead atoms. The van der Waals surface area contributed by atoms with Crippen LogP contribution in [0.2, 0.25) is 0 Å². The lowest BCUT2D eigenvalue weighted by molar-refractivity contribution is 0.0292. The van der Waals surface area contributed by atoms with Crippen LogP contribution in [0.1, 0.15) is 257 Å². The van der Waals surface area contributed by atoms with Gasteiger partial charge < -0.3 is 18.9 Å². The number of aryl methyl sites for hydroxylation is 2. The lowest BCUT2D eigenvalue weighted by atomic mass is 10.0. The third-order valence-corrected chi connectivity index (χ3v) is 16.6. The second kappa shape index (κ2) is 34.5. The Hall–Kier alpha value is -7.20. The number of ether oxygens (including phenoxy) is 4. The number of nitrogens with zero attached hydrogens (tertiary/aromatic N) is 2. The summed E-state index contributed by atoms with van der Waals surface area (Å²) in [5, 5.41) is 0. The first-order valence-corrected chi connectivity index (χ1v) is 32.2. The van der Waals surface area contributed by atoms with Gasteiger partial charge in [-0.2, -0.15) is 0 Å². The van der Waals surface area contributed by atoms with Crippen molar-refractivity contribution in [3.05, 3.63) is 190 Å². The van der Waals surface area contributed by atoms with E-state index < -0.39 is 24.4 Å². The van der Waals surface area contributed by atoms with Crippen molar-refractivity contribution in [1.29, 1.82) is 0 Å². The number of unbranched alkanes of at least 4 members (excludes halogenated alkanes) is 23. The molecule has 2 heterocycles. The van der Waals surface area contributed by atoms with Crippen LogP contribution in [0.5, 0.6) is 11.5 Å². The summed E-state index contributed by atoms with van der Waals surface area (Å²) in [5.41, 5.74) is 6.15. The van der Waals surface area contributed by atoms with Crippen LogP contribution in [0.15, 0.2) is 146 Å². The highest BCUT2D eigenvalue weighted by atomic mass is 16.6. The van der Waals surface area contributed by atoms with E-state index in [1.54, 1.807) is 58.3 Å². The Bertz CT molecular complexity index is 2740. The van der Waals surface area contributed by atoms with Gasteiger partial charge in [-0.1, -0.05) is 204 Å². The van der Waals surface area contributed by atoms with Gasteiger partial charge in [0.25, 0.3) is 11.8 Å². The second-order valence-corrected chi connectivity index (χ2v) is 23.1. The second-order valence-electron chi connectivity index (χ2n) is 23.1. The van der Waals surface area contributed by atoms with Gasteiger partial charge in [-0.05, 0) is 147 Å². The lowest BCUT2D eigenvalue weighted by Gasteiger charge is -2.30. The largest absolute Gasteiger partial charge is 0.494 e. The molecule has 8 rings (SSSR count). The van der Waals surface area contributed by atoms with Crippen LogP contribution in [0.3, 0.4) is 0 Å². The van der Waals surface area contributed by atoms with E-state index in [2.05, 4.69) is 38.1 Å². The number of hydrogen-bond donors (Lipinski definition) is 0. The molecule has 0 radical (unpaired) electrons. The number of amides is 2. The molecule has 0 aliphatic carbocycles. The monoisotopic (exact) mass is 1140 g/mol. The predicted molar refractivity (Wildman–Crippen MR) is 338 cm³/mol. The van der Waals surface area contributed by atoms with E-state index in [4.69, 9.17) is 18.9 Å². The molecule has 2 amide bonds. The summed E-state index contributed by atoms with van der Waals surface area (Å²) in [4.78, 5) is 59.0. The van der Waals surface area contributed by atoms with E-state index in [-0.39, 0.29) is 22.9 Å². The molecule has 0 N–H and O–H groups in total.